The number of rotatable bonds is 6. The van der Waals surface area contributed by atoms with Gasteiger partial charge in [-0.05, 0) is 48.2 Å². The third-order valence-corrected chi connectivity index (χ3v) is 6.56. The summed E-state index contributed by atoms with van der Waals surface area (Å²) in [6.45, 7) is 6.02. The molecule has 0 radical (unpaired) electrons. The zero-order valence-electron chi connectivity index (χ0n) is 17.3. The molecule has 30 heavy (non-hydrogen) atoms. The van der Waals surface area contributed by atoms with Crippen LogP contribution in [0.1, 0.15) is 22.3 Å². The molecule has 0 saturated carbocycles. The highest BCUT2D eigenvalue weighted by Gasteiger charge is 2.25. The summed E-state index contributed by atoms with van der Waals surface area (Å²) >= 11 is 0. The van der Waals surface area contributed by atoms with E-state index in [2.05, 4.69) is 16.4 Å². The minimum atomic E-state index is -3.40. The largest absolute Gasteiger partial charge is 0.379 e. The van der Waals surface area contributed by atoms with Gasteiger partial charge in [0, 0.05) is 18.8 Å². The van der Waals surface area contributed by atoms with Crippen LogP contribution in [0, 0.1) is 13.8 Å². The summed E-state index contributed by atoms with van der Waals surface area (Å²) in [4.78, 5) is 4.41. The lowest BCUT2D eigenvalue weighted by Crippen LogP contribution is -2.41. The lowest BCUT2D eigenvalue weighted by molar-refractivity contribution is 0.0729. The number of anilines is 1. The van der Waals surface area contributed by atoms with Crippen LogP contribution in [-0.4, -0.2) is 45.0 Å². The summed E-state index contributed by atoms with van der Waals surface area (Å²) in [6.07, 6.45) is 0. The molecule has 1 aliphatic rings. The smallest absolute Gasteiger partial charge is 0.218 e. The number of sulfonamides is 1. The van der Waals surface area contributed by atoms with Gasteiger partial charge >= 0.3 is 0 Å². The number of nitrogens with two attached hydrogens (primary N) is 1. The Hall–Kier alpha value is -1.69. The van der Waals surface area contributed by atoms with Crippen molar-refractivity contribution in [3.63, 3.8) is 0 Å². The molecule has 164 valence electrons. The van der Waals surface area contributed by atoms with Crippen LogP contribution < -0.4 is 11.1 Å². The number of halogens is 1. The fourth-order valence-electron chi connectivity index (χ4n) is 3.37. The molecule has 0 bridgehead atoms. The Morgan fingerprint density at radius 1 is 1.10 bits per heavy atom. The molecule has 3 N–H and O–H groups in total. The molecule has 0 aliphatic carbocycles. The van der Waals surface area contributed by atoms with Crippen LogP contribution in [0.3, 0.4) is 0 Å². The average Bonchev–Trinajstić information content (AvgIpc) is 2.67. The van der Waals surface area contributed by atoms with E-state index in [0.717, 1.165) is 27.9 Å². The molecular weight excluding hydrogens is 515 g/mol. The molecule has 1 heterocycles. The number of morpholine rings is 1. The first-order valence-electron chi connectivity index (χ1n) is 9.61. The lowest BCUT2D eigenvalue weighted by atomic mass is 10.1. The predicted octanol–water partition coefficient (Wildman–Crippen LogP) is 3.01. The molecule has 0 atom stereocenters. The van der Waals surface area contributed by atoms with E-state index in [0.29, 0.717) is 38.8 Å². The van der Waals surface area contributed by atoms with E-state index in [1.165, 1.54) is 4.31 Å². The zero-order chi connectivity index (χ0) is 20.9. The maximum Gasteiger partial charge on any atom is 0.218 e. The Kier molecular flexibility index (Phi) is 9.08. The number of hydrogen-bond donors (Lipinski definition) is 2. The Bertz CT molecular complexity index is 969. The molecule has 9 heteroatoms. The Labute approximate surface area is 195 Å². The fraction of sp³-hybridized carbons (Fsp3) is 0.381. The standard InChI is InChI=1S/C21H28N4O3S.HI/c1-16-11-17(2)13-20(12-16)24-21(22)23-14-18-5-3-4-6-19(18)15-29(26,27)25-7-9-28-10-8-25;/h3-6,11-13H,7-10,14-15H2,1-2H3,(H3,22,23,24);1H. The van der Waals surface area contributed by atoms with E-state index in [1.54, 1.807) is 0 Å². The Balaban J connectivity index is 0.00000320. The van der Waals surface area contributed by atoms with E-state index in [4.69, 9.17) is 10.5 Å². The highest BCUT2D eigenvalue weighted by atomic mass is 127. The highest BCUT2D eigenvalue weighted by Crippen LogP contribution is 2.18. The first-order valence-corrected chi connectivity index (χ1v) is 11.2. The molecule has 1 aliphatic heterocycles. The molecule has 3 rings (SSSR count). The topological polar surface area (TPSA) is 97.0 Å². The maximum absolute atomic E-state index is 12.7. The fourth-order valence-corrected chi connectivity index (χ4v) is 4.93. The average molecular weight is 544 g/mol. The molecule has 0 spiro atoms. The molecule has 2 aromatic carbocycles. The molecule has 1 saturated heterocycles. The van der Waals surface area contributed by atoms with Crippen LogP contribution >= 0.6 is 24.0 Å². The second-order valence-electron chi connectivity index (χ2n) is 7.24. The summed E-state index contributed by atoms with van der Waals surface area (Å²) in [5, 5.41) is 3.10. The van der Waals surface area contributed by atoms with Crippen LogP contribution in [0.15, 0.2) is 47.5 Å². The van der Waals surface area contributed by atoms with Gasteiger partial charge < -0.3 is 15.8 Å². The van der Waals surface area contributed by atoms with Crippen LogP contribution in [0.2, 0.25) is 0 Å². The summed E-state index contributed by atoms with van der Waals surface area (Å²) < 4.78 is 32.2. The molecule has 1 fully saturated rings. The van der Waals surface area contributed by atoms with Crippen molar-refractivity contribution < 1.29 is 13.2 Å². The number of ether oxygens (including phenoxy) is 1. The lowest BCUT2D eigenvalue weighted by Gasteiger charge is -2.26. The van der Waals surface area contributed by atoms with Gasteiger partial charge in [-0.15, -0.1) is 24.0 Å². The number of aliphatic imine (C=N–C) groups is 1. The third kappa shape index (κ3) is 6.93. The van der Waals surface area contributed by atoms with Gasteiger partial charge in [0.05, 0.1) is 25.5 Å². The first kappa shape index (κ1) is 24.6. The normalized spacial score (nSPS) is 15.5. The van der Waals surface area contributed by atoms with Crippen molar-refractivity contribution in [2.45, 2.75) is 26.1 Å². The molecule has 0 unspecified atom stereocenters. The van der Waals surface area contributed by atoms with Gasteiger partial charge in [0.1, 0.15) is 0 Å². The second kappa shape index (κ2) is 11.1. The number of aryl methyl sites for hydroxylation is 2. The SMILES string of the molecule is Cc1cc(C)cc(NC(N)=NCc2ccccc2CS(=O)(=O)N2CCOCC2)c1.I. The molecule has 7 nitrogen and oxygen atoms in total. The van der Waals surface area contributed by atoms with E-state index in [1.807, 2.05) is 50.2 Å². The predicted molar refractivity (Wildman–Crippen MR) is 132 cm³/mol. The second-order valence-corrected chi connectivity index (χ2v) is 9.21. The van der Waals surface area contributed by atoms with Crippen molar-refractivity contribution in [3.8, 4) is 0 Å². The molecule has 0 aromatic heterocycles. The monoisotopic (exact) mass is 544 g/mol. The third-order valence-electron chi connectivity index (χ3n) is 4.73. The van der Waals surface area contributed by atoms with E-state index in [9.17, 15) is 8.42 Å². The first-order chi connectivity index (χ1) is 13.8. The van der Waals surface area contributed by atoms with Crippen molar-refractivity contribution in [1.82, 2.24) is 4.31 Å². The van der Waals surface area contributed by atoms with Gasteiger partial charge in [0.15, 0.2) is 5.96 Å². The van der Waals surface area contributed by atoms with Gasteiger partial charge in [-0.2, -0.15) is 4.31 Å². The Morgan fingerprint density at radius 3 is 2.33 bits per heavy atom. The van der Waals surface area contributed by atoms with E-state index >= 15 is 0 Å². The number of guanidine groups is 1. The van der Waals surface area contributed by atoms with Gasteiger partial charge in [-0.3, -0.25) is 0 Å². The van der Waals surface area contributed by atoms with E-state index in [-0.39, 0.29) is 29.7 Å². The number of hydrogen-bond acceptors (Lipinski definition) is 4. The summed E-state index contributed by atoms with van der Waals surface area (Å²) in [7, 11) is -3.40. The van der Waals surface area contributed by atoms with Crippen molar-refractivity contribution >= 4 is 45.6 Å². The van der Waals surface area contributed by atoms with Crippen molar-refractivity contribution in [3.05, 3.63) is 64.7 Å². The number of nitrogens with one attached hydrogen (secondary N) is 1. The Morgan fingerprint density at radius 2 is 1.70 bits per heavy atom. The number of benzene rings is 2. The maximum atomic E-state index is 12.7. The summed E-state index contributed by atoms with van der Waals surface area (Å²) in [5.41, 5.74) is 10.8. The summed E-state index contributed by atoms with van der Waals surface area (Å²) in [6, 6.07) is 13.5. The van der Waals surface area contributed by atoms with Crippen molar-refractivity contribution in [2.75, 3.05) is 31.6 Å². The minimum Gasteiger partial charge on any atom is -0.379 e. The van der Waals surface area contributed by atoms with Crippen LogP contribution in [0.25, 0.3) is 0 Å². The summed E-state index contributed by atoms with van der Waals surface area (Å²) in [5.74, 6) is 0.240. The van der Waals surface area contributed by atoms with Gasteiger partial charge in [0.25, 0.3) is 0 Å². The molecule has 2 aromatic rings. The highest BCUT2D eigenvalue weighted by molar-refractivity contribution is 14.0. The van der Waals surface area contributed by atoms with Gasteiger partial charge in [-0.25, -0.2) is 13.4 Å². The van der Waals surface area contributed by atoms with Crippen molar-refractivity contribution in [2.24, 2.45) is 10.7 Å². The number of nitrogens with zero attached hydrogens (tertiary/aromatic N) is 2. The minimum absolute atomic E-state index is 0. The van der Waals surface area contributed by atoms with Crippen LogP contribution in [0.5, 0.6) is 0 Å². The van der Waals surface area contributed by atoms with Crippen LogP contribution in [-0.2, 0) is 27.1 Å². The van der Waals surface area contributed by atoms with E-state index < -0.39 is 10.0 Å². The van der Waals surface area contributed by atoms with Crippen molar-refractivity contribution in [1.29, 1.82) is 0 Å². The van der Waals surface area contributed by atoms with Gasteiger partial charge in [-0.1, -0.05) is 30.3 Å². The molecule has 0 amide bonds. The van der Waals surface area contributed by atoms with Crippen LogP contribution in [0.4, 0.5) is 5.69 Å². The van der Waals surface area contributed by atoms with Gasteiger partial charge in [0.2, 0.25) is 10.0 Å². The quantitative estimate of drug-likeness (QED) is 0.331. The zero-order valence-corrected chi connectivity index (χ0v) is 20.4. The molecular formula is C21H29IN4O3S.